The summed E-state index contributed by atoms with van der Waals surface area (Å²) in [6.45, 7) is 6.72. The van der Waals surface area contributed by atoms with E-state index < -0.39 is 36.2 Å². The van der Waals surface area contributed by atoms with E-state index >= 15 is 0 Å². The molecule has 9 heteroatoms. The first-order valence-electron chi connectivity index (χ1n) is 9.29. The average Bonchev–Trinajstić information content (AvgIpc) is 2.53. The Bertz CT molecular complexity index is 544. The maximum absolute atomic E-state index is 11.8. The first kappa shape index (κ1) is 22.7. The normalized spacial score (nSPS) is 19.6. The molecule has 1 aliphatic rings. The number of hydrogen-bond donors (Lipinski definition) is 3. The summed E-state index contributed by atoms with van der Waals surface area (Å²) in [4.78, 5) is 46.5. The number of carbonyl (C=O) groups is 4. The molecule has 0 aromatic carbocycles. The summed E-state index contributed by atoms with van der Waals surface area (Å²) >= 11 is 0. The number of esters is 1. The van der Waals surface area contributed by atoms with Gasteiger partial charge in [0.1, 0.15) is 5.60 Å². The van der Waals surface area contributed by atoms with Crippen LogP contribution in [0.2, 0.25) is 0 Å². The Kier molecular flexibility index (Phi) is 9.04. The molecule has 0 aromatic rings. The van der Waals surface area contributed by atoms with Crippen LogP contribution < -0.4 is 16.0 Å². The second-order valence-corrected chi connectivity index (χ2v) is 7.73. The molecule has 0 bridgehead atoms. The topological polar surface area (TPSA) is 123 Å². The predicted octanol–water partition coefficient (Wildman–Crippen LogP) is 1.85. The van der Waals surface area contributed by atoms with E-state index in [-0.39, 0.29) is 19.0 Å². The zero-order valence-corrected chi connectivity index (χ0v) is 16.6. The van der Waals surface area contributed by atoms with Crippen molar-refractivity contribution in [3.8, 4) is 0 Å². The number of urea groups is 1. The van der Waals surface area contributed by atoms with Crippen molar-refractivity contribution in [2.24, 2.45) is 5.92 Å². The van der Waals surface area contributed by atoms with Gasteiger partial charge in [0, 0.05) is 12.6 Å². The number of amides is 4. The van der Waals surface area contributed by atoms with Crippen LogP contribution >= 0.6 is 0 Å². The molecule has 154 valence electrons. The van der Waals surface area contributed by atoms with Crippen LogP contribution in [0, 0.1) is 5.92 Å². The van der Waals surface area contributed by atoms with Gasteiger partial charge in [-0.05, 0) is 39.5 Å². The molecule has 0 spiro atoms. The van der Waals surface area contributed by atoms with Gasteiger partial charge in [-0.25, -0.2) is 9.59 Å². The summed E-state index contributed by atoms with van der Waals surface area (Å²) in [5.41, 5.74) is -0.626. The lowest BCUT2D eigenvalue weighted by atomic mass is 9.86. The minimum atomic E-state index is -0.704. The summed E-state index contributed by atoms with van der Waals surface area (Å²) in [5.74, 6) is -0.998. The van der Waals surface area contributed by atoms with Crippen molar-refractivity contribution in [1.29, 1.82) is 0 Å². The van der Waals surface area contributed by atoms with Crippen LogP contribution in [0.3, 0.4) is 0 Å². The number of nitrogens with one attached hydrogen (secondary N) is 3. The van der Waals surface area contributed by atoms with E-state index in [1.165, 1.54) is 0 Å². The van der Waals surface area contributed by atoms with Crippen LogP contribution in [-0.2, 0) is 19.1 Å². The Labute approximate surface area is 159 Å². The van der Waals surface area contributed by atoms with Crippen molar-refractivity contribution in [3.05, 3.63) is 0 Å². The minimum absolute atomic E-state index is 0.0232. The second kappa shape index (κ2) is 10.7. The molecule has 4 amide bonds. The Morgan fingerprint density at radius 3 is 2.37 bits per heavy atom. The molecule has 1 aliphatic carbocycles. The van der Waals surface area contributed by atoms with Crippen molar-refractivity contribution in [2.75, 3.05) is 13.2 Å². The summed E-state index contributed by atoms with van der Waals surface area (Å²) in [7, 11) is 0. The highest BCUT2D eigenvalue weighted by molar-refractivity contribution is 5.95. The molecule has 1 saturated carbocycles. The Morgan fingerprint density at radius 2 is 1.74 bits per heavy atom. The van der Waals surface area contributed by atoms with Crippen LogP contribution in [0.4, 0.5) is 9.59 Å². The van der Waals surface area contributed by atoms with Crippen molar-refractivity contribution in [3.63, 3.8) is 0 Å². The third-order valence-electron chi connectivity index (χ3n) is 4.04. The highest BCUT2D eigenvalue weighted by atomic mass is 16.6. The van der Waals surface area contributed by atoms with Gasteiger partial charge >= 0.3 is 18.1 Å². The lowest BCUT2D eigenvalue weighted by molar-refractivity contribution is -0.148. The SMILES string of the molecule is CC1CCCCC1NC(=O)NC(=O)COC(=O)CCNC(=O)OC(C)(C)C. The number of rotatable bonds is 6. The van der Waals surface area contributed by atoms with Crippen LogP contribution in [0.15, 0.2) is 0 Å². The van der Waals surface area contributed by atoms with Gasteiger partial charge in [0.05, 0.1) is 6.42 Å². The molecule has 2 atom stereocenters. The van der Waals surface area contributed by atoms with Crippen LogP contribution in [0.1, 0.15) is 59.8 Å². The van der Waals surface area contributed by atoms with E-state index in [4.69, 9.17) is 9.47 Å². The molecular weight excluding hydrogens is 354 g/mol. The molecule has 2 unspecified atom stereocenters. The maximum atomic E-state index is 11.8. The fourth-order valence-corrected chi connectivity index (χ4v) is 2.70. The third kappa shape index (κ3) is 10.4. The lowest BCUT2D eigenvalue weighted by Crippen LogP contribution is -2.48. The van der Waals surface area contributed by atoms with E-state index in [9.17, 15) is 19.2 Å². The largest absolute Gasteiger partial charge is 0.456 e. The van der Waals surface area contributed by atoms with Gasteiger partial charge in [0.2, 0.25) is 0 Å². The summed E-state index contributed by atoms with van der Waals surface area (Å²) in [6.07, 6.45) is 3.40. The van der Waals surface area contributed by atoms with Gasteiger partial charge in [0.15, 0.2) is 6.61 Å². The second-order valence-electron chi connectivity index (χ2n) is 7.73. The number of carbonyl (C=O) groups excluding carboxylic acids is 4. The number of ether oxygens (including phenoxy) is 2. The Morgan fingerprint density at radius 1 is 1.07 bits per heavy atom. The van der Waals surface area contributed by atoms with Crippen molar-refractivity contribution >= 4 is 24.0 Å². The van der Waals surface area contributed by atoms with E-state index in [0.29, 0.717) is 5.92 Å². The molecule has 1 fully saturated rings. The molecule has 3 N–H and O–H groups in total. The van der Waals surface area contributed by atoms with Gasteiger partial charge in [0.25, 0.3) is 5.91 Å². The first-order valence-corrected chi connectivity index (χ1v) is 9.29. The predicted molar refractivity (Wildman–Crippen MR) is 97.9 cm³/mol. The van der Waals surface area contributed by atoms with E-state index in [2.05, 4.69) is 22.9 Å². The zero-order chi connectivity index (χ0) is 20.4. The lowest BCUT2D eigenvalue weighted by Gasteiger charge is -2.29. The summed E-state index contributed by atoms with van der Waals surface area (Å²) in [6, 6.07) is -0.533. The molecule has 27 heavy (non-hydrogen) atoms. The van der Waals surface area contributed by atoms with Gasteiger partial charge in [-0.15, -0.1) is 0 Å². The van der Waals surface area contributed by atoms with Crippen molar-refractivity contribution in [2.45, 2.75) is 71.4 Å². The van der Waals surface area contributed by atoms with Crippen LogP contribution in [0.25, 0.3) is 0 Å². The summed E-state index contributed by atoms with van der Waals surface area (Å²) in [5, 5.41) is 7.34. The van der Waals surface area contributed by atoms with Gasteiger partial charge in [-0.3, -0.25) is 14.9 Å². The number of hydrogen-bond acceptors (Lipinski definition) is 6. The fraction of sp³-hybridized carbons (Fsp3) is 0.778. The van der Waals surface area contributed by atoms with E-state index in [1.54, 1.807) is 20.8 Å². The summed E-state index contributed by atoms with van der Waals surface area (Å²) < 4.78 is 9.80. The van der Waals surface area contributed by atoms with Crippen molar-refractivity contribution < 1.29 is 28.7 Å². The smallest absolute Gasteiger partial charge is 0.407 e. The highest BCUT2D eigenvalue weighted by Gasteiger charge is 2.23. The quantitative estimate of drug-likeness (QED) is 0.600. The molecule has 0 saturated heterocycles. The molecular formula is C18H31N3O6. The van der Waals surface area contributed by atoms with Gasteiger partial charge in [-0.1, -0.05) is 19.8 Å². The van der Waals surface area contributed by atoms with Gasteiger partial charge in [-0.2, -0.15) is 0 Å². The molecule has 0 radical (unpaired) electrons. The van der Waals surface area contributed by atoms with Crippen molar-refractivity contribution in [1.82, 2.24) is 16.0 Å². The highest BCUT2D eigenvalue weighted by Crippen LogP contribution is 2.23. The van der Waals surface area contributed by atoms with Crippen LogP contribution in [-0.4, -0.2) is 48.8 Å². The van der Waals surface area contributed by atoms with E-state index in [1.807, 2.05) is 0 Å². The third-order valence-corrected chi connectivity index (χ3v) is 4.04. The number of imide groups is 1. The van der Waals surface area contributed by atoms with E-state index in [0.717, 1.165) is 25.7 Å². The Hall–Kier alpha value is -2.32. The molecule has 0 aromatic heterocycles. The number of alkyl carbamates (subject to hydrolysis) is 1. The molecule has 1 rings (SSSR count). The molecule has 0 aliphatic heterocycles. The fourth-order valence-electron chi connectivity index (χ4n) is 2.70. The monoisotopic (exact) mass is 385 g/mol. The van der Waals surface area contributed by atoms with Crippen LogP contribution in [0.5, 0.6) is 0 Å². The molecule has 9 nitrogen and oxygen atoms in total. The maximum Gasteiger partial charge on any atom is 0.407 e. The van der Waals surface area contributed by atoms with Gasteiger partial charge < -0.3 is 20.1 Å². The molecule has 0 heterocycles. The Balaban J connectivity index is 2.17. The first-order chi connectivity index (χ1) is 12.6. The standard InChI is InChI=1S/C18H31N3O6/c1-12-7-5-6-8-13(12)20-16(24)21-14(22)11-26-15(23)9-10-19-17(25)27-18(2,3)4/h12-13H,5-11H2,1-4H3,(H,19,25)(H2,20,21,22,24). The zero-order valence-electron chi connectivity index (χ0n) is 16.6. The average molecular weight is 385 g/mol. The minimum Gasteiger partial charge on any atom is -0.456 e.